The van der Waals surface area contributed by atoms with Gasteiger partial charge in [0.25, 0.3) is 0 Å². The molecule has 3 N–H and O–H groups in total. The number of carboxylic acids is 1. The highest BCUT2D eigenvalue weighted by molar-refractivity contribution is 5.81. The monoisotopic (exact) mass is 270 g/mol. The van der Waals surface area contributed by atoms with Crippen LogP contribution in [0.2, 0.25) is 0 Å². The van der Waals surface area contributed by atoms with E-state index in [-0.39, 0.29) is 30.3 Å². The number of nitrogens with two attached hydrogens (primary N) is 1. The molecule has 3 unspecified atom stereocenters. The van der Waals surface area contributed by atoms with E-state index in [2.05, 4.69) is 0 Å². The van der Waals surface area contributed by atoms with Crippen LogP contribution in [0.4, 0.5) is 0 Å². The van der Waals surface area contributed by atoms with Gasteiger partial charge in [-0.05, 0) is 12.8 Å². The number of morpholine rings is 1. The van der Waals surface area contributed by atoms with Gasteiger partial charge in [-0.1, -0.05) is 12.8 Å². The Kier molecular flexibility index (Phi) is 4.76. The lowest BCUT2D eigenvalue weighted by molar-refractivity contribution is -0.150. The Balaban J connectivity index is 2.03. The minimum atomic E-state index is -0.902. The van der Waals surface area contributed by atoms with Gasteiger partial charge in [-0.2, -0.15) is 0 Å². The van der Waals surface area contributed by atoms with E-state index >= 15 is 0 Å². The van der Waals surface area contributed by atoms with Crippen molar-refractivity contribution in [3.63, 3.8) is 0 Å². The third-order valence-electron chi connectivity index (χ3n) is 4.06. The summed E-state index contributed by atoms with van der Waals surface area (Å²) in [6.07, 6.45) is 3.74. The first-order valence-electron chi connectivity index (χ1n) is 6.95. The summed E-state index contributed by atoms with van der Waals surface area (Å²) in [6, 6.07) is -0.442. The van der Waals surface area contributed by atoms with Gasteiger partial charge in [-0.25, -0.2) is 0 Å². The molecule has 2 rings (SSSR count). The molecular weight excluding hydrogens is 248 g/mol. The van der Waals surface area contributed by atoms with Crippen LogP contribution in [0.1, 0.15) is 32.1 Å². The number of hydrogen-bond acceptors (Lipinski definition) is 4. The van der Waals surface area contributed by atoms with Crippen molar-refractivity contribution >= 4 is 11.9 Å². The number of carboxylic acid groups (broad SMARTS) is 1. The van der Waals surface area contributed by atoms with Crippen LogP contribution in [0.15, 0.2) is 0 Å². The van der Waals surface area contributed by atoms with Gasteiger partial charge < -0.3 is 20.5 Å². The third-order valence-corrected chi connectivity index (χ3v) is 4.06. The molecule has 19 heavy (non-hydrogen) atoms. The Labute approximate surface area is 112 Å². The summed E-state index contributed by atoms with van der Waals surface area (Å²) >= 11 is 0. The van der Waals surface area contributed by atoms with Gasteiger partial charge in [-0.15, -0.1) is 0 Å². The van der Waals surface area contributed by atoms with E-state index < -0.39 is 5.97 Å². The summed E-state index contributed by atoms with van der Waals surface area (Å²) in [5.74, 6) is -1.04. The average Bonchev–Trinajstić information content (AvgIpc) is 2.38. The van der Waals surface area contributed by atoms with Gasteiger partial charge in [0.15, 0.2) is 0 Å². The number of ether oxygens (including phenoxy) is 1. The number of hydrogen-bond donors (Lipinski definition) is 2. The smallest absolute Gasteiger partial charge is 0.305 e. The first kappa shape index (κ1) is 14.3. The van der Waals surface area contributed by atoms with Crippen molar-refractivity contribution in [1.29, 1.82) is 0 Å². The van der Waals surface area contributed by atoms with Crippen molar-refractivity contribution < 1.29 is 19.4 Å². The van der Waals surface area contributed by atoms with Crippen LogP contribution in [-0.4, -0.2) is 53.7 Å². The van der Waals surface area contributed by atoms with E-state index in [4.69, 9.17) is 15.6 Å². The second-order valence-electron chi connectivity index (χ2n) is 5.41. The molecule has 1 amide bonds. The largest absolute Gasteiger partial charge is 0.481 e. The van der Waals surface area contributed by atoms with Crippen molar-refractivity contribution in [2.45, 2.75) is 44.2 Å². The molecule has 0 aromatic heterocycles. The molecule has 2 fully saturated rings. The Hall–Kier alpha value is -1.14. The Morgan fingerprint density at radius 1 is 1.32 bits per heavy atom. The Bertz CT molecular complexity index is 348. The second kappa shape index (κ2) is 6.34. The van der Waals surface area contributed by atoms with Gasteiger partial charge in [0, 0.05) is 12.6 Å². The topological polar surface area (TPSA) is 92.9 Å². The van der Waals surface area contributed by atoms with Crippen molar-refractivity contribution in [3.05, 3.63) is 0 Å². The quantitative estimate of drug-likeness (QED) is 0.764. The summed E-state index contributed by atoms with van der Waals surface area (Å²) < 4.78 is 5.29. The maximum atomic E-state index is 12.6. The summed E-state index contributed by atoms with van der Waals surface area (Å²) in [6.45, 7) is 1.25. The molecular formula is C13H22N2O4. The minimum Gasteiger partial charge on any atom is -0.481 e. The summed E-state index contributed by atoms with van der Waals surface area (Å²) in [4.78, 5) is 25.1. The zero-order chi connectivity index (χ0) is 13.8. The molecule has 108 valence electrons. The van der Waals surface area contributed by atoms with Crippen molar-refractivity contribution in [2.24, 2.45) is 11.7 Å². The molecule has 6 heteroatoms. The number of carbonyl (C=O) groups excluding carboxylic acids is 1. The number of amides is 1. The highest BCUT2D eigenvalue weighted by Crippen LogP contribution is 2.26. The SMILES string of the molecule is NC1CCCCC1C(=O)N1CCOCC1CC(=O)O. The maximum absolute atomic E-state index is 12.6. The normalized spacial score (nSPS) is 32.1. The molecule has 1 saturated heterocycles. The molecule has 0 aromatic rings. The van der Waals surface area contributed by atoms with E-state index in [0.29, 0.717) is 19.8 Å². The fourth-order valence-electron chi connectivity index (χ4n) is 2.99. The van der Waals surface area contributed by atoms with Crippen LogP contribution >= 0.6 is 0 Å². The van der Waals surface area contributed by atoms with E-state index in [1.165, 1.54) is 0 Å². The van der Waals surface area contributed by atoms with E-state index in [0.717, 1.165) is 25.7 Å². The lowest BCUT2D eigenvalue weighted by Crippen LogP contribution is -2.54. The molecule has 3 atom stereocenters. The fraction of sp³-hybridized carbons (Fsp3) is 0.846. The number of aliphatic carboxylic acids is 1. The highest BCUT2D eigenvalue weighted by Gasteiger charge is 2.36. The number of rotatable bonds is 3. The van der Waals surface area contributed by atoms with Crippen LogP contribution in [0.3, 0.4) is 0 Å². The van der Waals surface area contributed by atoms with Gasteiger partial charge in [0.05, 0.1) is 31.6 Å². The highest BCUT2D eigenvalue weighted by atomic mass is 16.5. The fourth-order valence-corrected chi connectivity index (χ4v) is 2.99. The molecule has 1 aliphatic carbocycles. The Morgan fingerprint density at radius 2 is 2.05 bits per heavy atom. The maximum Gasteiger partial charge on any atom is 0.305 e. The van der Waals surface area contributed by atoms with Gasteiger partial charge >= 0.3 is 5.97 Å². The van der Waals surface area contributed by atoms with Crippen LogP contribution in [-0.2, 0) is 14.3 Å². The lowest BCUT2D eigenvalue weighted by Gasteiger charge is -2.39. The van der Waals surface area contributed by atoms with Gasteiger partial charge in [0.1, 0.15) is 0 Å². The lowest BCUT2D eigenvalue weighted by atomic mass is 9.83. The summed E-state index contributed by atoms with van der Waals surface area (Å²) in [5.41, 5.74) is 6.04. The zero-order valence-electron chi connectivity index (χ0n) is 11.1. The van der Waals surface area contributed by atoms with E-state index in [1.807, 2.05) is 0 Å². The standard InChI is InChI=1S/C13H22N2O4/c14-11-4-2-1-3-10(11)13(18)15-5-6-19-8-9(15)7-12(16)17/h9-11H,1-8,14H2,(H,16,17). The first-order chi connectivity index (χ1) is 9.09. The molecule has 0 bridgehead atoms. The molecule has 6 nitrogen and oxygen atoms in total. The second-order valence-corrected chi connectivity index (χ2v) is 5.41. The molecule has 1 aliphatic heterocycles. The predicted molar refractivity (Wildman–Crippen MR) is 68.5 cm³/mol. The minimum absolute atomic E-state index is 0.0155. The van der Waals surface area contributed by atoms with Gasteiger partial charge in [-0.3, -0.25) is 9.59 Å². The zero-order valence-corrected chi connectivity index (χ0v) is 11.1. The van der Waals surface area contributed by atoms with Crippen LogP contribution in [0.5, 0.6) is 0 Å². The van der Waals surface area contributed by atoms with Crippen molar-refractivity contribution in [1.82, 2.24) is 4.90 Å². The molecule has 0 aromatic carbocycles. The van der Waals surface area contributed by atoms with Crippen molar-refractivity contribution in [3.8, 4) is 0 Å². The van der Waals surface area contributed by atoms with E-state index in [9.17, 15) is 9.59 Å². The van der Waals surface area contributed by atoms with Crippen LogP contribution in [0.25, 0.3) is 0 Å². The van der Waals surface area contributed by atoms with E-state index in [1.54, 1.807) is 4.90 Å². The molecule has 2 aliphatic rings. The first-order valence-corrected chi connectivity index (χ1v) is 6.95. The van der Waals surface area contributed by atoms with Crippen LogP contribution < -0.4 is 5.73 Å². The van der Waals surface area contributed by atoms with Crippen LogP contribution in [0, 0.1) is 5.92 Å². The summed E-state index contributed by atoms with van der Waals surface area (Å²) in [5, 5.41) is 8.91. The molecule has 0 spiro atoms. The molecule has 1 heterocycles. The third kappa shape index (κ3) is 3.45. The number of nitrogens with zero attached hydrogens (tertiary/aromatic N) is 1. The van der Waals surface area contributed by atoms with Gasteiger partial charge in [0.2, 0.25) is 5.91 Å². The Morgan fingerprint density at radius 3 is 2.74 bits per heavy atom. The average molecular weight is 270 g/mol. The molecule has 0 radical (unpaired) electrons. The summed E-state index contributed by atoms with van der Waals surface area (Å²) in [7, 11) is 0. The van der Waals surface area contributed by atoms with Crippen molar-refractivity contribution in [2.75, 3.05) is 19.8 Å². The predicted octanol–water partition coefficient (Wildman–Crippen LogP) is 0.206. The number of carbonyl (C=O) groups is 2. The molecule has 1 saturated carbocycles.